The summed E-state index contributed by atoms with van der Waals surface area (Å²) in [5.41, 5.74) is 0.128. The largest absolute Gasteiger partial charge is 2.00 e. The van der Waals surface area contributed by atoms with E-state index in [9.17, 15) is 46.1 Å². The predicted molar refractivity (Wildman–Crippen MR) is 294 cm³/mol. The molecule has 0 spiro atoms. The SMILES string of the molecule is CCOc1cccc(N=C([O-])c2cc3ccccc3c(N=Nc3c(Cl)ccc(CC)c3S(=O)(=O)O)c2[O-])c1.CCOc1cccc(NC(=O)c2cc3ccccc3c(N=Nc3c(Cl)ccc(CC)c3S(=O)(=O)O)c2O)c1.[Ba+2]. The van der Waals surface area contributed by atoms with Crippen LogP contribution in [0, 0.1) is 0 Å². The molecule has 8 aromatic rings. The van der Waals surface area contributed by atoms with Crippen LogP contribution in [0.2, 0.25) is 10.0 Å². The molecule has 0 saturated heterocycles. The molecule has 77 heavy (non-hydrogen) atoms. The summed E-state index contributed by atoms with van der Waals surface area (Å²) in [6.07, 6.45) is 0.545. The van der Waals surface area contributed by atoms with Gasteiger partial charge in [-0.05, 0) is 109 Å². The number of aliphatic imine (C=N–C) groups is 1. The zero-order valence-electron chi connectivity index (χ0n) is 41.6. The third-order valence-corrected chi connectivity index (χ3v) is 13.9. The summed E-state index contributed by atoms with van der Waals surface area (Å²) in [6.45, 7) is 7.98. The van der Waals surface area contributed by atoms with Gasteiger partial charge in [0.1, 0.15) is 38.4 Å². The standard InChI is InChI=1S/2C27H24ClN3O6S.Ba/c2*1-3-16-12-13-22(28)24(26(16)38(34,35)36)31-30-23-20-11-6-5-8-17(20)14-21(25(23)32)27(33)29-18-9-7-10-19(15-18)37-4-2;/h2*5-15,32H,3-4H2,1-2H3,(H,29,33)(H,34,35,36);/q;;+2/p-2. The molecular formula is C54H46BaCl2N6O12S2. The van der Waals surface area contributed by atoms with Crippen molar-refractivity contribution in [1.29, 1.82) is 0 Å². The average molecular weight is 1240 g/mol. The minimum Gasteiger partial charge on any atom is -0.871 e. The van der Waals surface area contributed by atoms with Gasteiger partial charge in [-0.2, -0.15) is 21.9 Å². The summed E-state index contributed by atoms with van der Waals surface area (Å²) in [5.74, 6) is -1.53. The summed E-state index contributed by atoms with van der Waals surface area (Å²) < 4.78 is 79.1. The Morgan fingerprint density at radius 3 is 1.58 bits per heavy atom. The second kappa shape index (κ2) is 26.3. The Labute approximate surface area is 493 Å². The van der Waals surface area contributed by atoms with E-state index in [1.165, 1.54) is 36.4 Å². The van der Waals surface area contributed by atoms with Gasteiger partial charge in [-0.25, -0.2) is 0 Å². The van der Waals surface area contributed by atoms with Gasteiger partial charge in [0.15, 0.2) is 5.75 Å². The molecule has 0 aromatic heterocycles. The van der Waals surface area contributed by atoms with E-state index in [0.717, 1.165) is 0 Å². The van der Waals surface area contributed by atoms with E-state index in [4.69, 9.17) is 32.7 Å². The number of carbonyl (C=O) groups excluding carboxylic acids is 1. The van der Waals surface area contributed by atoms with E-state index in [-0.39, 0.29) is 111 Å². The number of carbonyl (C=O) groups is 1. The van der Waals surface area contributed by atoms with Crippen LogP contribution in [0.25, 0.3) is 21.5 Å². The van der Waals surface area contributed by atoms with Gasteiger partial charge in [-0.1, -0.05) is 116 Å². The van der Waals surface area contributed by atoms with Gasteiger partial charge < -0.3 is 30.1 Å². The van der Waals surface area contributed by atoms with Crippen molar-refractivity contribution in [3.05, 3.63) is 166 Å². The fraction of sp³-hybridized carbons (Fsp3) is 0.148. The molecule has 8 rings (SSSR count). The molecule has 0 aliphatic heterocycles. The molecule has 4 N–H and O–H groups in total. The number of hydrogen-bond donors (Lipinski definition) is 4. The number of aromatic hydroxyl groups is 1. The maximum atomic E-state index is 13.4. The third-order valence-electron chi connectivity index (χ3n) is 11.3. The average Bonchev–Trinajstić information content (AvgIpc) is 3.38. The molecule has 0 radical (unpaired) electrons. The quantitative estimate of drug-likeness (QED) is 0.0231. The number of phenols is 1. The van der Waals surface area contributed by atoms with Crippen molar-refractivity contribution in [3.63, 3.8) is 0 Å². The Morgan fingerprint density at radius 2 is 1.06 bits per heavy atom. The maximum absolute atomic E-state index is 13.4. The molecular weight excluding hydrogens is 1200 g/mol. The van der Waals surface area contributed by atoms with Gasteiger partial charge >= 0.3 is 48.9 Å². The number of azo groups is 2. The molecule has 0 fully saturated rings. The molecule has 392 valence electrons. The minimum absolute atomic E-state index is 0. The Hall–Kier alpha value is -6.41. The molecule has 1 amide bonds. The number of hydrogen-bond acceptors (Lipinski definition) is 15. The number of phenolic OH excluding ortho intramolecular Hbond substituents is 1. The number of benzene rings is 8. The first-order valence-electron chi connectivity index (χ1n) is 23.2. The zero-order valence-corrected chi connectivity index (χ0v) is 49.1. The number of anilines is 1. The van der Waals surface area contributed by atoms with E-state index < -0.39 is 53.3 Å². The summed E-state index contributed by atoms with van der Waals surface area (Å²) in [7, 11) is -9.41. The van der Waals surface area contributed by atoms with Crippen molar-refractivity contribution in [2.45, 2.75) is 50.3 Å². The Kier molecular flexibility index (Phi) is 20.4. The van der Waals surface area contributed by atoms with Crippen LogP contribution in [0.3, 0.4) is 0 Å². The molecule has 0 atom stereocenters. The van der Waals surface area contributed by atoms with Gasteiger partial charge in [-0.15, -0.1) is 15.3 Å². The third kappa shape index (κ3) is 14.2. The molecule has 8 aromatic carbocycles. The van der Waals surface area contributed by atoms with Gasteiger partial charge in [0.2, 0.25) is 0 Å². The monoisotopic (exact) mass is 1240 g/mol. The predicted octanol–water partition coefficient (Wildman–Crippen LogP) is 12.3. The Bertz CT molecular complexity index is 3860. The first-order valence-corrected chi connectivity index (χ1v) is 26.8. The number of nitrogens with zero attached hydrogens (tertiary/aromatic N) is 5. The minimum atomic E-state index is -4.72. The summed E-state index contributed by atoms with van der Waals surface area (Å²) in [6, 6.07) is 35.7. The number of fused-ring (bicyclic) bond motifs is 2. The van der Waals surface area contributed by atoms with Gasteiger partial charge in [0.25, 0.3) is 26.1 Å². The second-order valence-electron chi connectivity index (χ2n) is 16.3. The first-order chi connectivity index (χ1) is 36.3. The van der Waals surface area contributed by atoms with Crippen molar-refractivity contribution in [2.24, 2.45) is 25.4 Å². The topological polar surface area (TPSA) is 284 Å². The zero-order chi connectivity index (χ0) is 54.9. The van der Waals surface area contributed by atoms with Crippen LogP contribution in [0.4, 0.5) is 34.1 Å². The number of ether oxygens (including phenoxy) is 2. The molecule has 0 aliphatic rings. The Morgan fingerprint density at radius 1 is 0.597 bits per heavy atom. The number of amides is 1. The molecule has 0 aliphatic carbocycles. The van der Waals surface area contributed by atoms with Crippen LogP contribution in [-0.2, 0) is 33.1 Å². The van der Waals surface area contributed by atoms with Crippen molar-refractivity contribution in [3.8, 4) is 23.0 Å². The number of nitrogens with one attached hydrogen (secondary N) is 1. The maximum Gasteiger partial charge on any atom is 2.00 e. The second-order valence-corrected chi connectivity index (χ2v) is 19.8. The molecule has 18 nitrogen and oxygen atoms in total. The van der Waals surface area contributed by atoms with Gasteiger partial charge in [0, 0.05) is 28.6 Å². The summed E-state index contributed by atoms with van der Waals surface area (Å²) in [5, 5.41) is 58.3. The summed E-state index contributed by atoms with van der Waals surface area (Å²) in [4.78, 5) is 16.3. The molecule has 23 heteroatoms. The van der Waals surface area contributed by atoms with Crippen LogP contribution in [0.15, 0.2) is 169 Å². The number of aryl methyl sites for hydroxylation is 2. The Balaban J connectivity index is 0.000000246. The molecule has 0 saturated carbocycles. The van der Waals surface area contributed by atoms with Crippen molar-refractivity contribution < 1.29 is 55.5 Å². The number of halogens is 2. The van der Waals surface area contributed by atoms with E-state index in [2.05, 4.69) is 30.8 Å². The van der Waals surface area contributed by atoms with Gasteiger partial charge in [-0.3, -0.25) is 18.9 Å². The number of rotatable bonds is 16. The van der Waals surface area contributed by atoms with Crippen LogP contribution >= 0.6 is 23.2 Å². The van der Waals surface area contributed by atoms with Crippen molar-refractivity contribution in [1.82, 2.24) is 0 Å². The van der Waals surface area contributed by atoms with E-state index in [0.29, 0.717) is 63.2 Å². The fourth-order valence-corrected chi connectivity index (χ4v) is 10.3. The van der Waals surface area contributed by atoms with E-state index in [1.54, 1.807) is 111 Å². The van der Waals surface area contributed by atoms with E-state index >= 15 is 0 Å². The smallest absolute Gasteiger partial charge is 0.871 e. The van der Waals surface area contributed by atoms with Crippen molar-refractivity contribution >= 4 is 160 Å². The first kappa shape index (κ1) is 59.8. The fourth-order valence-electron chi connectivity index (χ4n) is 7.87. The van der Waals surface area contributed by atoms with Crippen LogP contribution in [0.5, 0.6) is 23.0 Å². The van der Waals surface area contributed by atoms with Crippen molar-refractivity contribution in [2.75, 3.05) is 18.5 Å². The normalized spacial score (nSPS) is 11.9. The molecule has 0 unspecified atom stereocenters. The van der Waals surface area contributed by atoms with E-state index in [1.807, 2.05) is 13.8 Å². The molecule has 0 bridgehead atoms. The molecule has 0 heterocycles. The van der Waals surface area contributed by atoms with Crippen LogP contribution < -0.4 is 25.0 Å². The van der Waals surface area contributed by atoms with Gasteiger partial charge in [0.05, 0.1) is 40.2 Å². The summed E-state index contributed by atoms with van der Waals surface area (Å²) >= 11 is 12.4. The van der Waals surface area contributed by atoms with Crippen LogP contribution in [-0.4, -0.2) is 105 Å². The van der Waals surface area contributed by atoms with Crippen LogP contribution in [0.1, 0.15) is 54.7 Å².